The molecule has 0 aliphatic rings. The van der Waals surface area contributed by atoms with Crippen LogP contribution >= 0.6 is 12.2 Å². The third-order valence-electron chi connectivity index (χ3n) is 2.50. The molecule has 0 aromatic heterocycles. The van der Waals surface area contributed by atoms with Crippen LogP contribution in [0.1, 0.15) is 5.56 Å². The van der Waals surface area contributed by atoms with E-state index in [9.17, 15) is 4.79 Å². The van der Waals surface area contributed by atoms with Crippen LogP contribution in [-0.2, 0) is 11.3 Å². The van der Waals surface area contributed by atoms with Crippen LogP contribution in [0, 0.1) is 0 Å². The molecule has 0 spiro atoms. The molecule has 1 N–H and O–H groups in total. The SMILES string of the molecule is CN(C)C(=O)CN(C)C(=S)NCc1ccccc1. The maximum atomic E-state index is 11.5. The van der Waals surface area contributed by atoms with Crippen molar-refractivity contribution >= 4 is 23.2 Å². The van der Waals surface area contributed by atoms with Gasteiger partial charge in [-0.1, -0.05) is 30.3 Å². The van der Waals surface area contributed by atoms with Crippen molar-refractivity contribution in [1.29, 1.82) is 0 Å². The first kappa shape index (κ1) is 14.4. The van der Waals surface area contributed by atoms with Gasteiger partial charge in [0.2, 0.25) is 5.91 Å². The molecule has 1 rings (SSSR count). The first-order valence-corrected chi connectivity index (χ1v) is 6.14. The van der Waals surface area contributed by atoms with E-state index < -0.39 is 0 Å². The number of nitrogens with one attached hydrogen (secondary N) is 1. The summed E-state index contributed by atoms with van der Waals surface area (Å²) < 4.78 is 0. The number of likely N-dealkylation sites (N-methyl/N-ethyl adjacent to an activating group) is 2. The van der Waals surface area contributed by atoms with E-state index in [1.165, 1.54) is 0 Å². The summed E-state index contributed by atoms with van der Waals surface area (Å²) in [6, 6.07) is 10.0. The second-order valence-electron chi connectivity index (χ2n) is 4.29. The molecular weight excluding hydrogens is 246 g/mol. The van der Waals surface area contributed by atoms with Gasteiger partial charge in [0, 0.05) is 27.7 Å². The molecule has 0 bridgehead atoms. The normalized spacial score (nSPS) is 9.72. The summed E-state index contributed by atoms with van der Waals surface area (Å²) in [6.07, 6.45) is 0. The van der Waals surface area contributed by atoms with Crippen molar-refractivity contribution in [1.82, 2.24) is 15.1 Å². The number of carbonyl (C=O) groups is 1. The number of hydrogen-bond donors (Lipinski definition) is 1. The summed E-state index contributed by atoms with van der Waals surface area (Å²) in [5.41, 5.74) is 1.16. The van der Waals surface area contributed by atoms with Gasteiger partial charge in [-0.25, -0.2) is 0 Å². The molecule has 1 amide bonds. The lowest BCUT2D eigenvalue weighted by atomic mass is 10.2. The third kappa shape index (κ3) is 4.71. The molecule has 5 heteroatoms. The number of rotatable bonds is 4. The Bertz CT molecular complexity index is 406. The lowest BCUT2D eigenvalue weighted by Crippen LogP contribution is -2.42. The average molecular weight is 265 g/mol. The topological polar surface area (TPSA) is 35.6 Å². The van der Waals surface area contributed by atoms with Crippen molar-refractivity contribution in [2.24, 2.45) is 0 Å². The predicted molar refractivity (Wildman–Crippen MR) is 77.2 cm³/mol. The Labute approximate surface area is 114 Å². The number of nitrogens with zero attached hydrogens (tertiary/aromatic N) is 2. The molecule has 0 aliphatic heterocycles. The van der Waals surface area contributed by atoms with Crippen molar-refractivity contribution in [2.45, 2.75) is 6.54 Å². The van der Waals surface area contributed by atoms with Crippen LogP contribution in [-0.4, -0.2) is 48.5 Å². The van der Waals surface area contributed by atoms with Gasteiger partial charge in [0.25, 0.3) is 0 Å². The fourth-order valence-electron chi connectivity index (χ4n) is 1.32. The van der Waals surface area contributed by atoms with Crippen molar-refractivity contribution in [2.75, 3.05) is 27.7 Å². The minimum atomic E-state index is 0.0290. The monoisotopic (exact) mass is 265 g/mol. The van der Waals surface area contributed by atoms with Crippen molar-refractivity contribution in [3.63, 3.8) is 0 Å². The molecule has 0 atom stereocenters. The van der Waals surface area contributed by atoms with Gasteiger partial charge in [-0.3, -0.25) is 4.79 Å². The lowest BCUT2D eigenvalue weighted by molar-refractivity contribution is -0.128. The van der Waals surface area contributed by atoms with Gasteiger partial charge in [-0.05, 0) is 17.8 Å². The fraction of sp³-hybridized carbons (Fsp3) is 0.385. The Morgan fingerprint density at radius 2 is 1.83 bits per heavy atom. The van der Waals surface area contributed by atoms with Crippen molar-refractivity contribution in [3.8, 4) is 0 Å². The summed E-state index contributed by atoms with van der Waals surface area (Å²) >= 11 is 5.22. The largest absolute Gasteiger partial charge is 0.358 e. The molecule has 0 saturated heterocycles. The fourth-order valence-corrected chi connectivity index (χ4v) is 1.46. The average Bonchev–Trinajstić information content (AvgIpc) is 2.36. The first-order valence-electron chi connectivity index (χ1n) is 5.73. The molecule has 4 nitrogen and oxygen atoms in total. The Hall–Kier alpha value is -1.62. The molecule has 98 valence electrons. The van der Waals surface area contributed by atoms with E-state index >= 15 is 0 Å². The van der Waals surface area contributed by atoms with E-state index in [-0.39, 0.29) is 12.5 Å². The van der Waals surface area contributed by atoms with Gasteiger partial charge in [-0.15, -0.1) is 0 Å². The van der Waals surface area contributed by atoms with Crippen LogP contribution in [0.3, 0.4) is 0 Å². The van der Waals surface area contributed by atoms with Gasteiger partial charge in [0.1, 0.15) is 0 Å². The molecule has 0 heterocycles. The molecular formula is C13H19N3OS. The quantitative estimate of drug-likeness (QED) is 0.827. The van der Waals surface area contributed by atoms with Gasteiger partial charge >= 0.3 is 0 Å². The molecule has 0 radical (unpaired) electrons. The number of thiocarbonyl (C=S) groups is 1. The summed E-state index contributed by atoms with van der Waals surface area (Å²) in [6.45, 7) is 0.952. The third-order valence-corrected chi connectivity index (χ3v) is 2.96. The summed E-state index contributed by atoms with van der Waals surface area (Å²) in [5, 5.41) is 3.71. The minimum Gasteiger partial charge on any atom is -0.358 e. The molecule has 0 saturated carbocycles. The number of amides is 1. The Kier molecular flexibility index (Phi) is 5.58. The summed E-state index contributed by atoms with van der Waals surface area (Å²) in [5.74, 6) is 0.0290. The zero-order chi connectivity index (χ0) is 13.5. The lowest BCUT2D eigenvalue weighted by Gasteiger charge is -2.22. The second kappa shape index (κ2) is 6.96. The highest BCUT2D eigenvalue weighted by atomic mass is 32.1. The number of carbonyl (C=O) groups excluding carboxylic acids is 1. The first-order chi connectivity index (χ1) is 8.50. The molecule has 1 aromatic carbocycles. The maximum Gasteiger partial charge on any atom is 0.241 e. The highest BCUT2D eigenvalue weighted by Gasteiger charge is 2.10. The maximum absolute atomic E-state index is 11.5. The van der Waals surface area contributed by atoms with Crippen LogP contribution < -0.4 is 5.32 Å². The number of benzene rings is 1. The van der Waals surface area contributed by atoms with Gasteiger partial charge in [0.15, 0.2) is 5.11 Å². The molecule has 0 aliphatic carbocycles. The standard InChI is InChI=1S/C13H19N3OS/c1-15(2)12(17)10-16(3)13(18)14-9-11-7-5-4-6-8-11/h4-8H,9-10H2,1-3H3,(H,14,18). The summed E-state index contributed by atoms with van der Waals surface area (Å²) in [7, 11) is 5.27. The zero-order valence-corrected chi connectivity index (χ0v) is 11.8. The van der Waals surface area contributed by atoms with E-state index in [2.05, 4.69) is 5.32 Å². The van der Waals surface area contributed by atoms with E-state index in [0.717, 1.165) is 5.56 Å². The highest BCUT2D eigenvalue weighted by molar-refractivity contribution is 7.80. The van der Waals surface area contributed by atoms with Crippen LogP contribution in [0.25, 0.3) is 0 Å². The van der Waals surface area contributed by atoms with E-state index in [0.29, 0.717) is 11.7 Å². The second-order valence-corrected chi connectivity index (χ2v) is 4.68. The Morgan fingerprint density at radius 3 is 2.39 bits per heavy atom. The van der Waals surface area contributed by atoms with Crippen LogP contribution in [0.4, 0.5) is 0 Å². The smallest absolute Gasteiger partial charge is 0.241 e. The van der Waals surface area contributed by atoms with Gasteiger partial charge < -0.3 is 15.1 Å². The van der Waals surface area contributed by atoms with Gasteiger partial charge in [-0.2, -0.15) is 0 Å². The molecule has 18 heavy (non-hydrogen) atoms. The Balaban J connectivity index is 2.39. The van der Waals surface area contributed by atoms with Crippen LogP contribution in [0.5, 0.6) is 0 Å². The summed E-state index contributed by atoms with van der Waals surface area (Å²) in [4.78, 5) is 14.8. The molecule has 1 aromatic rings. The van der Waals surface area contributed by atoms with Crippen LogP contribution in [0.2, 0.25) is 0 Å². The highest BCUT2D eigenvalue weighted by Crippen LogP contribution is 1.98. The van der Waals surface area contributed by atoms with Crippen molar-refractivity contribution in [3.05, 3.63) is 35.9 Å². The van der Waals surface area contributed by atoms with Crippen molar-refractivity contribution < 1.29 is 4.79 Å². The Morgan fingerprint density at radius 1 is 1.22 bits per heavy atom. The number of hydrogen-bond acceptors (Lipinski definition) is 2. The molecule has 0 fully saturated rings. The predicted octanol–water partition coefficient (Wildman–Crippen LogP) is 1.08. The zero-order valence-electron chi connectivity index (χ0n) is 11.0. The van der Waals surface area contributed by atoms with E-state index in [4.69, 9.17) is 12.2 Å². The van der Waals surface area contributed by atoms with E-state index in [1.807, 2.05) is 37.4 Å². The van der Waals surface area contributed by atoms with Gasteiger partial charge in [0.05, 0.1) is 6.54 Å². The minimum absolute atomic E-state index is 0.0290. The molecule has 0 unspecified atom stereocenters. The van der Waals surface area contributed by atoms with E-state index in [1.54, 1.807) is 23.9 Å². The van der Waals surface area contributed by atoms with Crippen LogP contribution in [0.15, 0.2) is 30.3 Å².